The number of thioether (sulfide) groups is 1. The highest BCUT2D eigenvalue weighted by Gasteiger charge is 2.31. The van der Waals surface area contributed by atoms with Gasteiger partial charge in [0.15, 0.2) is 5.82 Å². The molecule has 0 radical (unpaired) electrons. The van der Waals surface area contributed by atoms with Crippen molar-refractivity contribution < 1.29 is 9.63 Å². The molecule has 1 N–H and O–H groups in total. The Balaban J connectivity index is 1.62. The predicted octanol–water partition coefficient (Wildman–Crippen LogP) is 1.95. The van der Waals surface area contributed by atoms with Crippen molar-refractivity contribution in [2.24, 2.45) is 5.92 Å². The fourth-order valence-corrected chi connectivity index (χ4v) is 3.29. The average molecular weight is 240 g/mol. The molecule has 1 aromatic heterocycles. The SMILES string of the molecule is OC(Cc1nc(C2CCCS2)no1)C1CC1. The highest BCUT2D eigenvalue weighted by molar-refractivity contribution is 7.99. The summed E-state index contributed by atoms with van der Waals surface area (Å²) in [5, 5.41) is 14.2. The molecule has 0 spiro atoms. The van der Waals surface area contributed by atoms with Crippen LogP contribution in [0, 0.1) is 5.92 Å². The Morgan fingerprint density at radius 3 is 3.00 bits per heavy atom. The summed E-state index contributed by atoms with van der Waals surface area (Å²) < 4.78 is 5.19. The van der Waals surface area contributed by atoms with Gasteiger partial charge in [-0.1, -0.05) is 5.16 Å². The van der Waals surface area contributed by atoms with Gasteiger partial charge in [-0.2, -0.15) is 16.7 Å². The van der Waals surface area contributed by atoms with Crippen LogP contribution in [-0.2, 0) is 6.42 Å². The van der Waals surface area contributed by atoms with Crippen LogP contribution >= 0.6 is 11.8 Å². The van der Waals surface area contributed by atoms with E-state index in [1.54, 1.807) is 0 Å². The molecule has 0 aromatic carbocycles. The minimum absolute atomic E-state index is 0.287. The van der Waals surface area contributed by atoms with Crippen LogP contribution in [0.2, 0.25) is 0 Å². The van der Waals surface area contributed by atoms with Crippen LogP contribution in [0.4, 0.5) is 0 Å². The molecular weight excluding hydrogens is 224 g/mol. The number of aliphatic hydroxyl groups is 1. The van der Waals surface area contributed by atoms with E-state index in [-0.39, 0.29) is 6.10 Å². The second-order valence-corrected chi connectivity index (χ2v) is 5.97. The van der Waals surface area contributed by atoms with Crippen molar-refractivity contribution in [3.05, 3.63) is 11.7 Å². The minimum atomic E-state index is -0.287. The standard InChI is InChI=1S/C11H16N2O2S/c14-8(7-3-4-7)6-10-12-11(13-15-10)9-2-1-5-16-9/h7-9,14H,1-6H2. The predicted molar refractivity (Wildman–Crippen MR) is 61.2 cm³/mol. The summed E-state index contributed by atoms with van der Waals surface area (Å²) in [5.74, 6) is 3.08. The summed E-state index contributed by atoms with van der Waals surface area (Å²) in [6.45, 7) is 0. The Morgan fingerprint density at radius 1 is 1.44 bits per heavy atom. The van der Waals surface area contributed by atoms with Gasteiger partial charge in [-0.15, -0.1) is 0 Å². The summed E-state index contributed by atoms with van der Waals surface area (Å²) in [4.78, 5) is 4.38. The van der Waals surface area contributed by atoms with E-state index in [2.05, 4.69) is 10.1 Å². The topological polar surface area (TPSA) is 59.2 Å². The smallest absolute Gasteiger partial charge is 0.229 e. The van der Waals surface area contributed by atoms with Crippen molar-refractivity contribution in [1.29, 1.82) is 0 Å². The normalized spacial score (nSPS) is 27.2. The van der Waals surface area contributed by atoms with E-state index >= 15 is 0 Å². The molecule has 2 heterocycles. The Morgan fingerprint density at radius 2 is 2.31 bits per heavy atom. The fraction of sp³-hybridized carbons (Fsp3) is 0.818. The van der Waals surface area contributed by atoms with Gasteiger partial charge < -0.3 is 9.63 Å². The molecule has 16 heavy (non-hydrogen) atoms. The van der Waals surface area contributed by atoms with Crippen molar-refractivity contribution in [3.8, 4) is 0 Å². The van der Waals surface area contributed by atoms with Crippen LogP contribution in [0.25, 0.3) is 0 Å². The van der Waals surface area contributed by atoms with E-state index in [0.717, 1.165) is 25.1 Å². The monoisotopic (exact) mass is 240 g/mol. The molecule has 4 nitrogen and oxygen atoms in total. The van der Waals surface area contributed by atoms with Crippen molar-refractivity contribution in [2.75, 3.05) is 5.75 Å². The molecule has 3 rings (SSSR count). The maximum Gasteiger partial charge on any atom is 0.229 e. The lowest BCUT2D eigenvalue weighted by molar-refractivity contribution is 0.140. The first kappa shape index (κ1) is 10.6. The zero-order chi connectivity index (χ0) is 11.0. The van der Waals surface area contributed by atoms with Gasteiger partial charge in [0.1, 0.15) is 0 Å². The van der Waals surface area contributed by atoms with E-state index in [1.807, 2.05) is 11.8 Å². The zero-order valence-electron chi connectivity index (χ0n) is 9.13. The second-order valence-electron chi connectivity index (χ2n) is 4.66. The third kappa shape index (κ3) is 2.25. The lowest BCUT2D eigenvalue weighted by Gasteiger charge is -2.03. The number of rotatable bonds is 4. The Kier molecular flexibility index (Phi) is 2.90. The molecule has 2 unspecified atom stereocenters. The summed E-state index contributed by atoms with van der Waals surface area (Å²) in [7, 11) is 0. The minimum Gasteiger partial charge on any atom is -0.392 e. The number of hydrogen-bond donors (Lipinski definition) is 1. The summed E-state index contributed by atoms with van der Waals surface area (Å²) >= 11 is 1.90. The van der Waals surface area contributed by atoms with Crippen LogP contribution in [-0.4, -0.2) is 27.1 Å². The number of nitrogens with zero attached hydrogens (tertiary/aromatic N) is 2. The van der Waals surface area contributed by atoms with E-state index < -0.39 is 0 Å². The molecule has 1 aliphatic heterocycles. The number of hydrogen-bond acceptors (Lipinski definition) is 5. The molecule has 0 amide bonds. The third-order valence-electron chi connectivity index (χ3n) is 3.25. The highest BCUT2D eigenvalue weighted by Crippen LogP contribution is 2.38. The van der Waals surface area contributed by atoms with Crippen LogP contribution in [0.3, 0.4) is 0 Å². The maximum absolute atomic E-state index is 9.78. The highest BCUT2D eigenvalue weighted by atomic mass is 32.2. The first-order valence-corrected chi connectivity index (χ1v) is 7.00. The van der Waals surface area contributed by atoms with Gasteiger partial charge in [-0.05, 0) is 37.4 Å². The summed E-state index contributed by atoms with van der Waals surface area (Å²) in [6.07, 6.45) is 4.90. The van der Waals surface area contributed by atoms with Crippen LogP contribution in [0.5, 0.6) is 0 Å². The van der Waals surface area contributed by atoms with E-state index in [1.165, 1.54) is 12.2 Å². The van der Waals surface area contributed by atoms with Crippen molar-refractivity contribution in [3.63, 3.8) is 0 Å². The molecule has 1 saturated heterocycles. The zero-order valence-corrected chi connectivity index (χ0v) is 9.95. The molecule has 2 aliphatic rings. The second kappa shape index (κ2) is 4.37. The Bertz CT molecular complexity index is 359. The van der Waals surface area contributed by atoms with Gasteiger partial charge in [0.25, 0.3) is 0 Å². The van der Waals surface area contributed by atoms with Gasteiger partial charge in [-0.25, -0.2) is 0 Å². The quantitative estimate of drug-likeness (QED) is 0.871. The first-order valence-electron chi connectivity index (χ1n) is 5.95. The van der Waals surface area contributed by atoms with Crippen molar-refractivity contribution >= 4 is 11.8 Å². The largest absolute Gasteiger partial charge is 0.392 e. The van der Waals surface area contributed by atoms with Crippen molar-refractivity contribution in [2.45, 2.75) is 43.5 Å². The molecule has 2 atom stereocenters. The van der Waals surface area contributed by atoms with Crippen LogP contribution in [0.1, 0.15) is 42.6 Å². The van der Waals surface area contributed by atoms with E-state index in [0.29, 0.717) is 23.5 Å². The molecule has 2 fully saturated rings. The van der Waals surface area contributed by atoms with Crippen molar-refractivity contribution in [1.82, 2.24) is 10.1 Å². The molecule has 5 heteroatoms. The van der Waals surface area contributed by atoms with Gasteiger partial charge in [0.2, 0.25) is 5.89 Å². The maximum atomic E-state index is 9.78. The average Bonchev–Trinajstić information content (AvgIpc) is 2.80. The van der Waals surface area contributed by atoms with Crippen LogP contribution in [0.15, 0.2) is 4.52 Å². The third-order valence-corrected chi connectivity index (χ3v) is 4.62. The summed E-state index contributed by atoms with van der Waals surface area (Å²) in [5.41, 5.74) is 0. The lowest BCUT2D eigenvalue weighted by atomic mass is 10.2. The molecule has 0 bridgehead atoms. The first-order chi connectivity index (χ1) is 7.83. The Labute approximate surface area is 98.8 Å². The Hall–Kier alpha value is -0.550. The van der Waals surface area contributed by atoms with E-state index in [9.17, 15) is 5.11 Å². The van der Waals surface area contributed by atoms with Gasteiger partial charge in [0, 0.05) is 0 Å². The molecule has 88 valence electrons. The number of aliphatic hydroxyl groups excluding tert-OH is 1. The van der Waals surface area contributed by atoms with Gasteiger partial charge >= 0.3 is 0 Å². The molecule has 1 aliphatic carbocycles. The molecule has 1 saturated carbocycles. The van der Waals surface area contributed by atoms with Gasteiger partial charge in [-0.3, -0.25) is 0 Å². The van der Waals surface area contributed by atoms with Crippen LogP contribution < -0.4 is 0 Å². The number of aromatic nitrogens is 2. The fourth-order valence-electron chi connectivity index (χ4n) is 2.09. The molecule has 1 aromatic rings. The van der Waals surface area contributed by atoms with Gasteiger partial charge in [0.05, 0.1) is 17.8 Å². The summed E-state index contributed by atoms with van der Waals surface area (Å²) in [6, 6.07) is 0. The lowest BCUT2D eigenvalue weighted by Crippen LogP contribution is -2.12. The molecular formula is C11H16N2O2S. The van der Waals surface area contributed by atoms with E-state index in [4.69, 9.17) is 4.52 Å².